The minimum absolute atomic E-state index is 0.216. The number of amides is 1. The fourth-order valence-electron chi connectivity index (χ4n) is 2.18. The lowest BCUT2D eigenvalue weighted by atomic mass is 9.94. The topological polar surface area (TPSA) is 72.9 Å². The summed E-state index contributed by atoms with van der Waals surface area (Å²) in [6, 6.07) is 0.216. The van der Waals surface area contributed by atoms with E-state index in [1.54, 1.807) is 16.4 Å². The van der Waals surface area contributed by atoms with E-state index in [0.29, 0.717) is 6.42 Å². The van der Waals surface area contributed by atoms with Gasteiger partial charge in [0, 0.05) is 29.4 Å². The summed E-state index contributed by atoms with van der Waals surface area (Å²) < 4.78 is 1.77. The summed E-state index contributed by atoms with van der Waals surface area (Å²) in [7, 11) is 1.89. The number of nitrogens with two attached hydrogens (primary N) is 1. The van der Waals surface area contributed by atoms with Gasteiger partial charge in [-0.1, -0.05) is 6.92 Å². The zero-order valence-electron chi connectivity index (χ0n) is 12.3. The standard InChI is InChI=1S/C13H24N4OS/c1-9(2)16-13(4,12(14)18)6-10(3)19-11-7-15-17(5)8-11/h7-10,16H,6H2,1-5H3,(H2,14,18). The van der Waals surface area contributed by atoms with Gasteiger partial charge in [-0.15, -0.1) is 11.8 Å². The molecule has 1 rings (SSSR count). The van der Waals surface area contributed by atoms with Crippen molar-refractivity contribution in [1.29, 1.82) is 0 Å². The van der Waals surface area contributed by atoms with E-state index in [1.165, 1.54) is 0 Å². The number of primary amides is 1. The number of carbonyl (C=O) groups excluding carboxylic acids is 1. The van der Waals surface area contributed by atoms with Gasteiger partial charge in [0.15, 0.2) is 0 Å². The fraction of sp³-hybridized carbons (Fsp3) is 0.692. The van der Waals surface area contributed by atoms with Crippen LogP contribution in [0.25, 0.3) is 0 Å². The molecule has 0 spiro atoms. The van der Waals surface area contributed by atoms with Crippen molar-refractivity contribution >= 4 is 17.7 Å². The molecule has 2 unspecified atom stereocenters. The second-order valence-electron chi connectivity index (χ2n) is 5.48. The Kier molecular flexibility index (Phi) is 5.43. The normalized spacial score (nSPS) is 16.3. The lowest BCUT2D eigenvalue weighted by Gasteiger charge is -2.32. The highest BCUT2D eigenvalue weighted by molar-refractivity contribution is 7.99. The second-order valence-corrected chi connectivity index (χ2v) is 6.99. The van der Waals surface area contributed by atoms with Gasteiger partial charge in [0.1, 0.15) is 0 Å². The van der Waals surface area contributed by atoms with Crippen molar-refractivity contribution < 1.29 is 4.79 Å². The molecule has 0 aliphatic heterocycles. The minimum Gasteiger partial charge on any atom is -0.368 e. The third-order valence-electron chi connectivity index (χ3n) is 2.87. The van der Waals surface area contributed by atoms with Crippen molar-refractivity contribution in [3.63, 3.8) is 0 Å². The number of hydrogen-bond acceptors (Lipinski definition) is 4. The summed E-state index contributed by atoms with van der Waals surface area (Å²) >= 11 is 1.70. The average molecular weight is 284 g/mol. The molecule has 108 valence electrons. The van der Waals surface area contributed by atoms with Crippen molar-refractivity contribution in [2.75, 3.05) is 0 Å². The smallest absolute Gasteiger partial charge is 0.237 e. The van der Waals surface area contributed by atoms with Gasteiger partial charge >= 0.3 is 0 Å². The molecule has 1 aromatic heterocycles. The Morgan fingerprint density at radius 1 is 1.58 bits per heavy atom. The SMILES string of the molecule is CC(C)NC(C)(CC(C)Sc1cnn(C)c1)C(N)=O. The van der Waals surface area contributed by atoms with Gasteiger partial charge in [0.05, 0.1) is 11.7 Å². The van der Waals surface area contributed by atoms with Crippen LogP contribution in [0.3, 0.4) is 0 Å². The predicted molar refractivity (Wildman–Crippen MR) is 79.0 cm³/mol. The molecule has 0 aromatic carbocycles. The van der Waals surface area contributed by atoms with Crippen molar-refractivity contribution in [2.45, 2.75) is 55.8 Å². The van der Waals surface area contributed by atoms with E-state index < -0.39 is 5.54 Å². The van der Waals surface area contributed by atoms with E-state index in [0.717, 1.165) is 4.90 Å². The highest BCUT2D eigenvalue weighted by Gasteiger charge is 2.33. The van der Waals surface area contributed by atoms with E-state index in [9.17, 15) is 4.79 Å². The number of thioether (sulfide) groups is 1. The van der Waals surface area contributed by atoms with Crippen molar-refractivity contribution in [1.82, 2.24) is 15.1 Å². The average Bonchev–Trinajstić information content (AvgIpc) is 2.61. The van der Waals surface area contributed by atoms with Crippen LogP contribution in [-0.2, 0) is 11.8 Å². The maximum Gasteiger partial charge on any atom is 0.237 e. The number of nitrogens with one attached hydrogen (secondary N) is 1. The zero-order chi connectivity index (χ0) is 14.6. The van der Waals surface area contributed by atoms with E-state index in [4.69, 9.17) is 5.73 Å². The summed E-state index contributed by atoms with van der Waals surface area (Å²) in [5, 5.41) is 7.68. The summed E-state index contributed by atoms with van der Waals surface area (Å²) in [5.74, 6) is -0.306. The minimum atomic E-state index is -0.678. The Morgan fingerprint density at radius 2 is 2.21 bits per heavy atom. The number of nitrogens with zero attached hydrogens (tertiary/aromatic N) is 2. The molecule has 6 heteroatoms. The van der Waals surface area contributed by atoms with Gasteiger partial charge in [-0.3, -0.25) is 9.48 Å². The number of hydrogen-bond donors (Lipinski definition) is 2. The van der Waals surface area contributed by atoms with Crippen LogP contribution in [0.4, 0.5) is 0 Å². The molecule has 0 bridgehead atoms. The van der Waals surface area contributed by atoms with Crippen LogP contribution in [0.15, 0.2) is 17.3 Å². The molecular weight excluding hydrogens is 260 g/mol. The molecule has 0 aliphatic carbocycles. The summed E-state index contributed by atoms with van der Waals surface area (Å²) in [6.07, 6.45) is 4.48. The molecule has 0 radical (unpaired) electrons. The fourth-order valence-corrected chi connectivity index (χ4v) is 3.38. The Hall–Kier alpha value is -1.01. The largest absolute Gasteiger partial charge is 0.368 e. The Morgan fingerprint density at radius 3 is 2.63 bits per heavy atom. The first-order chi connectivity index (χ1) is 8.73. The molecule has 1 aromatic rings. The lowest BCUT2D eigenvalue weighted by molar-refractivity contribution is -0.124. The molecule has 1 heterocycles. The summed E-state index contributed by atoms with van der Waals surface area (Å²) in [6.45, 7) is 8.00. The highest BCUT2D eigenvalue weighted by Crippen LogP contribution is 2.28. The maximum absolute atomic E-state index is 11.7. The molecule has 0 aliphatic rings. The molecule has 2 atom stereocenters. The van der Waals surface area contributed by atoms with Gasteiger partial charge in [0.25, 0.3) is 0 Å². The van der Waals surface area contributed by atoms with Crippen molar-refractivity contribution in [2.24, 2.45) is 12.8 Å². The van der Waals surface area contributed by atoms with Crippen LogP contribution >= 0.6 is 11.8 Å². The van der Waals surface area contributed by atoms with Gasteiger partial charge in [0.2, 0.25) is 5.91 Å². The van der Waals surface area contributed by atoms with E-state index in [1.807, 2.05) is 40.2 Å². The molecule has 5 nitrogen and oxygen atoms in total. The van der Waals surface area contributed by atoms with Gasteiger partial charge in [-0.25, -0.2) is 0 Å². The van der Waals surface area contributed by atoms with Crippen LogP contribution < -0.4 is 11.1 Å². The molecular formula is C13H24N4OS. The number of aromatic nitrogens is 2. The van der Waals surface area contributed by atoms with Gasteiger partial charge in [-0.05, 0) is 27.2 Å². The Labute approximate surface area is 119 Å². The predicted octanol–water partition coefficient (Wildman–Crippen LogP) is 1.53. The quantitative estimate of drug-likeness (QED) is 0.745. The Balaban J connectivity index is 2.66. The number of aryl methyl sites for hydroxylation is 1. The zero-order valence-corrected chi connectivity index (χ0v) is 13.1. The van der Waals surface area contributed by atoms with Crippen LogP contribution in [0.1, 0.15) is 34.1 Å². The molecule has 1 amide bonds. The molecule has 0 saturated heterocycles. The summed E-state index contributed by atoms with van der Waals surface area (Å²) in [4.78, 5) is 12.8. The summed E-state index contributed by atoms with van der Waals surface area (Å²) in [5.41, 5.74) is 4.86. The molecule has 0 fully saturated rings. The van der Waals surface area contributed by atoms with Crippen LogP contribution in [0, 0.1) is 0 Å². The van der Waals surface area contributed by atoms with E-state index >= 15 is 0 Å². The van der Waals surface area contributed by atoms with Crippen molar-refractivity contribution in [3.05, 3.63) is 12.4 Å². The van der Waals surface area contributed by atoms with Crippen LogP contribution in [0.5, 0.6) is 0 Å². The second kappa shape index (κ2) is 6.43. The lowest BCUT2D eigenvalue weighted by Crippen LogP contribution is -2.56. The van der Waals surface area contributed by atoms with Crippen molar-refractivity contribution in [3.8, 4) is 0 Å². The van der Waals surface area contributed by atoms with Gasteiger partial charge in [-0.2, -0.15) is 5.10 Å². The van der Waals surface area contributed by atoms with Crippen LogP contribution in [-0.4, -0.2) is 32.5 Å². The van der Waals surface area contributed by atoms with Crippen LogP contribution in [0.2, 0.25) is 0 Å². The molecule has 0 saturated carbocycles. The first kappa shape index (κ1) is 16.0. The molecule has 19 heavy (non-hydrogen) atoms. The third kappa shape index (κ3) is 4.87. The number of rotatable bonds is 7. The first-order valence-corrected chi connectivity index (χ1v) is 7.34. The molecule has 3 N–H and O–H groups in total. The Bertz CT molecular complexity index is 432. The van der Waals surface area contributed by atoms with E-state index in [2.05, 4.69) is 17.3 Å². The maximum atomic E-state index is 11.7. The first-order valence-electron chi connectivity index (χ1n) is 6.46. The third-order valence-corrected chi connectivity index (χ3v) is 3.92. The monoisotopic (exact) mass is 284 g/mol. The highest BCUT2D eigenvalue weighted by atomic mass is 32.2. The van der Waals surface area contributed by atoms with Gasteiger partial charge < -0.3 is 11.1 Å². The van der Waals surface area contributed by atoms with E-state index in [-0.39, 0.29) is 17.2 Å². The number of carbonyl (C=O) groups is 1.